The van der Waals surface area contributed by atoms with E-state index in [9.17, 15) is 4.79 Å². The standard InChI is InChI=1S/C15H21NO/c1-3-4-8-13(2)11-12-15(17)16-14-9-6-5-7-10-14/h5-7,9-11H,3-4,8,12H2,1-2H3,(H,16,17)/b13-11-. The van der Waals surface area contributed by atoms with Crippen molar-refractivity contribution in [3.8, 4) is 0 Å². The molecular weight excluding hydrogens is 210 g/mol. The summed E-state index contributed by atoms with van der Waals surface area (Å²) in [5.74, 6) is 0.0482. The minimum Gasteiger partial charge on any atom is -0.326 e. The van der Waals surface area contributed by atoms with E-state index in [1.54, 1.807) is 0 Å². The molecule has 0 saturated heterocycles. The first-order valence-corrected chi connectivity index (χ1v) is 6.23. The van der Waals surface area contributed by atoms with E-state index in [1.807, 2.05) is 36.4 Å². The lowest BCUT2D eigenvalue weighted by molar-refractivity contribution is -0.115. The quantitative estimate of drug-likeness (QED) is 0.732. The minimum absolute atomic E-state index is 0.0482. The molecule has 1 amide bonds. The van der Waals surface area contributed by atoms with Gasteiger partial charge in [-0.25, -0.2) is 0 Å². The molecule has 92 valence electrons. The number of amides is 1. The largest absolute Gasteiger partial charge is 0.326 e. The number of benzene rings is 1. The maximum absolute atomic E-state index is 11.6. The molecule has 0 aliphatic heterocycles. The second-order valence-corrected chi connectivity index (χ2v) is 4.27. The van der Waals surface area contributed by atoms with Crippen LogP contribution in [0.15, 0.2) is 42.0 Å². The molecule has 0 heterocycles. The summed E-state index contributed by atoms with van der Waals surface area (Å²) < 4.78 is 0. The summed E-state index contributed by atoms with van der Waals surface area (Å²) in [7, 11) is 0. The van der Waals surface area contributed by atoms with Crippen LogP contribution in [0.5, 0.6) is 0 Å². The zero-order valence-electron chi connectivity index (χ0n) is 10.7. The minimum atomic E-state index is 0.0482. The van der Waals surface area contributed by atoms with Gasteiger partial charge in [0, 0.05) is 12.1 Å². The number of carbonyl (C=O) groups excluding carboxylic acids is 1. The third kappa shape index (κ3) is 5.91. The van der Waals surface area contributed by atoms with Gasteiger partial charge < -0.3 is 5.32 Å². The molecule has 17 heavy (non-hydrogen) atoms. The second kappa shape index (κ2) is 7.66. The van der Waals surface area contributed by atoms with Gasteiger partial charge in [0.25, 0.3) is 0 Å². The Morgan fingerprint density at radius 1 is 1.29 bits per heavy atom. The summed E-state index contributed by atoms with van der Waals surface area (Å²) in [4.78, 5) is 11.6. The van der Waals surface area contributed by atoms with Gasteiger partial charge in [-0.1, -0.05) is 43.2 Å². The number of carbonyl (C=O) groups is 1. The van der Waals surface area contributed by atoms with Crippen molar-refractivity contribution in [3.05, 3.63) is 42.0 Å². The predicted octanol–water partition coefficient (Wildman–Crippen LogP) is 4.15. The Kier molecular flexibility index (Phi) is 6.08. The van der Waals surface area contributed by atoms with E-state index in [0.29, 0.717) is 6.42 Å². The van der Waals surface area contributed by atoms with Crippen LogP contribution in [0.3, 0.4) is 0 Å². The van der Waals surface area contributed by atoms with Crippen molar-refractivity contribution in [2.45, 2.75) is 39.5 Å². The van der Waals surface area contributed by atoms with Gasteiger partial charge in [-0.2, -0.15) is 0 Å². The van der Waals surface area contributed by atoms with Crippen LogP contribution < -0.4 is 5.32 Å². The smallest absolute Gasteiger partial charge is 0.228 e. The predicted molar refractivity (Wildman–Crippen MR) is 73.0 cm³/mol. The summed E-state index contributed by atoms with van der Waals surface area (Å²) in [6.45, 7) is 4.26. The van der Waals surface area contributed by atoms with Crippen LogP contribution >= 0.6 is 0 Å². The summed E-state index contributed by atoms with van der Waals surface area (Å²) >= 11 is 0. The maximum Gasteiger partial charge on any atom is 0.228 e. The molecule has 2 heteroatoms. The summed E-state index contributed by atoms with van der Waals surface area (Å²) in [6.07, 6.45) is 5.97. The van der Waals surface area contributed by atoms with Crippen molar-refractivity contribution in [1.29, 1.82) is 0 Å². The Labute approximate surface area is 104 Å². The van der Waals surface area contributed by atoms with Gasteiger partial charge >= 0.3 is 0 Å². The molecule has 0 spiro atoms. The van der Waals surface area contributed by atoms with Crippen molar-refractivity contribution >= 4 is 11.6 Å². The Balaban J connectivity index is 2.35. The number of allylic oxidation sites excluding steroid dienone is 1. The zero-order valence-corrected chi connectivity index (χ0v) is 10.7. The summed E-state index contributed by atoms with van der Waals surface area (Å²) in [6, 6.07) is 9.55. The molecule has 0 aromatic heterocycles. The highest BCUT2D eigenvalue weighted by Crippen LogP contribution is 2.09. The molecule has 0 unspecified atom stereocenters. The van der Waals surface area contributed by atoms with Crippen molar-refractivity contribution < 1.29 is 4.79 Å². The third-order valence-electron chi connectivity index (χ3n) is 2.62. The monoisotopic (exact) mass is 231 g/mol. The molecule has 1 aromatic rings. The van der Waals surface area contributed by atoms with Crippen LogP contribution in [0.2, 0.25) is 0 Å². The molecular formula is C15H21NO. The number of unbranched alkanes of at least 4 members (excludes halogenated alkanes) is 1. The molecule has 0 radical (unpaired) electrons. The molecule has 0 atom stereocenters. The topological polar surface area (TPSA) is 29.1 Å². The van der Waals surface area contributed by atoms with E-state index in [0.717, 1.165) is 12.1 Å². The fourth-order valence-corrected chi connectivity index (χ4v) is 1.56. The fraction of sp³-hybridized carbons (Fsp3) is 0.400. The number of hydrogen-bond acceptors (Lipinski definition) is 1. The number of para-hydroxylation sites is 1. The molecule has 1 N–H and O–H groups in total. The number of rotatable bonds is 6. The molecule has 0 saturated carbocycles. The van der Waals surface area contributed by atoms with Gasteiger partial charge in [-0.15, -0.1) is 0 Å². The van der Waals surface area contributed by atoms with Crippen LogP contribution in [0.25, 0.3) is 0 Å². The van der Waals surface area contributed by atoms with E-state index in [1.165, 1.54) is 18.4 Å². The zero-order chi connectivity index (χ0) is 12.5. The van der Waals surface area contributed by atoms with E-state index in [2.05, 4.69) is 19.2 Å². The fourth-order valence-electron chi connectivity index (χ4n) is 1.56. The summed E-state index contributed by atoms with van der Waals surface area (Å²) in [5.41, 5.74) is 2.16. The van der Waals surface area contributed by atoms with E-state index in [-0.39, 0.29) is 5.91 Å². The van der Waals surface area contributed by atoms with Crippen LogP contribution in [0, 0.1) is 0 Å². The van der Waals surface area contributed by atoms with Crippen LogP contribution in [-0.2, 0) is 4.79 Å². The third-order valence-corrected chi connectivity index (χ3v) is 2.62. The Morgan fingerprint density at radius 2 is 2.00 bits per heavy atom. The van der Waals surface area contributed by atoms with Crippen molar-refractivity contribution in [2.75, 3.05) is 5.32 Å². The average Bonchev–Trinajstić information content (AvgIpc) is 2.35. The first-order valence-electron chi connectivity index (χ1n) is 6.23. The number of anilines is 1. The summed E-state index contributed by atoms with van der Waals surface area (Å²) in [5, 5.41) is 2.87. The van der Waals surface area contributed by atoms with Gasteiger partial charge in [0.1, 0.15) is 0 Å². The van der Waals surface area contributed by atoms with E-state index >= 15 is 0 Å². The lowest BCUT2D eigenvalue weighted by Crippen LogP contribution is -2.09. The highest BCUT2D eigenvalue weighted by molar-refractivity contribution is 5.91. The Bertz CT molecular complexity index is 368. The normalized spacial score (nSPS) is 11.3. The van der Waals surface area contributed by atoms with Gasteiger partial charge in [-0.3, -0.25) is 4.79 Å². The lowest BCUT2D eigenvalue weighted by atomic mass is 10.1. The van der Waals surface area contributed by atoms with E-state index < -0.39 is 0 Å². The average molecular weight is 231 g/mol. The van der Waals surface area contributed by atoms with Crippen LogP contribution in [0.1, 0.15) is 39.5 Å². The van der Waals surface area contributed by atoms with Crippen LogP contribution in [-0.4, -0.2) is 5.91 Å². The number of hydrogen-bond donors (Lipinski definition) is 1. The Morgan fingerprint density at radius 3 is 2.65 bits per heavy atom. The highest BCUT2D eigenvalue weighted by atomic mass is 16.1. The SMILES string of the molecule is CCCC/C(C)=C\CC(=O)Nc1ccccc1. The van der Waals surface area contributed by atoms with Gasteiger partial charge in [-0.05, 0) is 31.9 Å². The van der Waals surface area contributed by atoms with Crippen molar-refractivity contribution in [1.82, 2.24) is 0 Å². The molecule has 0 aliphatic rings. The lowest BCUT2D eigenvalue weighted by Gasteiger charge is -2.03. The molecule has 0 bridgehead atoms. The van der Waals surface area contributed by atoms with Crippen molar-refractivity contribution in [2.24, 2.45) is 0 Å². The first-order chi connectivity index (χ1) is 8.22. The molecule has 0 aliphatic carbocycles. The maximum atomic E-state index is 11.6. The van der Waals surface area contributed by atoms with Gasteiger partial charge in [0.05, 0.1) is 0 Å². The first kappa shape index (κ1) is 13.5. The molecule has 2 nitrogen and oxygen atoms in total. The van der Waals surface area contributed by atoms with E-state index in [4.69, 9.17) is 0 Å². The van der Waals surface area contributed by atoms with Crippen molar-refractivity contribution in [3.63, 3.8) is 0 Å². The highest BCUT2D eigenvalue weighted by Gasteiger charge is 1.99. The molecule has 1 rings (SSSR count). The van der Waals surface area contributed by atoms with Crippen LogP contribution in [0.4, 0.5) is 5.69 Å². The number of nitrogens with one attached hydrogen (secondary N) is 1. The second-order valence-electron chi connectivity index (χ2n) is 4.27. The molecule has 0 fully saturated rings. The Hall–Kier alpha value is -1.57. The molecule has 1 aromatic carbocycles. The van der Waals surface area contributed by atoms with Gasteiger partial charge in [0.15, 0.2) is 0 Å². The van der Waals surface area contributed by atoms with Gasteiger partial charge in [0.2, 0.25) is 5.91 Å².